The van der Waals surface area contributed by atoms with E-state index in [-0.39, 0.29) is 12.1 Å². The van der Waals surface area contributed by atoms with Gasteiger partial charge in [0.2, 0.25) is 0 Å². The van der Waals surface area contributed by atoms with Gasteiger partial charge in [-0.2, -0.15) is 5.10 Å². The molecule has 7 heteroatoms. The van der Waals surface area contributed by atoms with Crippen LogP contribution in [0, 0.1) is 5.92 Å². The van der Waals surface area contributed by atoms with E-state index < -0.39 is 0 Å². The zero-order valence-corrected chi connectivity index (χ0v) is 17.1. The van der Waals surface area contributed by atoms with E-state index in [1.807, 2.05) is 13.8 Å². The molecule has 5 rings (SSSR count). The molecule has 0 radical (unpaired) electrons. The Morgan fingerprint density at radius 3 is 2.96 bits per heavy atom. The van der Waals surface area contributed by atoms with Crippen LogP contribution >= 0.6 is 11.3 Å². The summed E-state index contributed by atoms with van der Waals surface area (Å²) in [6.45, 7) is 6.89. The van der Waals surface area contributed by atoms with Crippen molar-refractivity contribution in [2.75, 3.05) is 19.6 Å². The number of urea groups is 1. The quantitative estimate of drug-likeness (QED) is 0.829. The number of amides is 2. The SMILES string of the molecule is CC(C)NC(=O)NC[C@H]1C[C@@H]2CCN1C[C@@H]2c1cc(-c2cccs2)nn1C. The summed E-state index contributed by atoms with van der Waals surface area (Å²) < 4.78 is 2.07. The van der Waals surface area contributed by atoms with E-state index in [9.17, 15) is 4.79 Å². The van der Waals surface area contributed by atoms with Gasteiger partial charge >= 0.3 is 6.03 Å². The van der Waals surface area contributed by atoms with Crippen molar-refractivity contribution in [3.8, 4) is 10.6 Å². The third-order valence-electron chi connectivity index (χ3n) is 5.87. The molecular formula is C20H29N5OS. The Morgan fingerprint density at radius 2 is 2.30 bits per heavy atom. The largest absolute Gasteiger partial charge is 0.337 e. The highest BCUT2D eigenvalue weighted by atomic mass is 32.1. The molecule has 1 unspecified atom stereocenters. The van der Waals surface area contributed by atoms with Crippen molar-refractivity contribution in [2.24, 2.45) is 13.0 Å². The van der Waals surface area contributed by atoms with Gasteiger partial charge in [-0.05, 0) is 56.7 Å². The summed E-state index contributed by atoms with van der Waals surface area (Å²) in [6.07, 6.45) is 2.38. The molecule has 5 heterocycles. The zero-order valence-electron chi connectivity index (χ0n) is 16.3. The fraction of sp³-hybridized carbons (Fsp3) is 0.600. The average Bonchev–Trinajstić information content (AvgIpc) is 3.29. The first-order valence-corrected chi connectivity index (χ1v) is 10.8. The van der Waals surface area contributed by atoms with Crippen LogP contribution in [0.15, 0.2) is 23.6 Å². The fourth-order valence-corrected chi connectivity index (χ4v) is 5.26. The lowest BCUT2D eigenvalue weighted by molar-refractivity contribution is 0.0294. The van der Waals surface area contributed by atoms with Crippen molar-refractivity contribution in [1.82, 2.24) is 25.3 Å². The van der Waals surface area contributed by atoms with E-state index >= 15 is 0 Å². The molecule has 3 saturated heterocycles. The smallest absolute Gasteiger partial charge is 0.315 e. The molecule has 0 aliphatic carbocycles. The summed E-state index contributed by atoms with van der Waals surface area (Å²) in [5, 5.41) is 12.8. The van der Waals surface area contributed by atoms with Crippen molar-refractivity contribution in [3.05, 3.63) is 29.3 Å². The molecule has 2 amide bonds. The van der Waals surface area contributed by atoms with Crippen LogP contribution < -0.4 is 10.6 Å². The maximum absolute atomic E-state index is 11.9. The number of carbonyl (C=O) groups is 1. The summed E-state index contributed by atoms with van der Waals surface area (Å²) in [5.74, 6) is 1.20. The molecule has 3 fully saturated rings. The number of hydrogen-bond acceptors (Lipinski definition) is 4. The molecule has 0 spiro atoms. The van der Waals surface area contributed by atoms with Crippen molar-refractivity contribution in [1.29, 1.82) is 0 Å². The Morgan fingerprint density at radius 1 is 1.44 bits per heavy atom. The number of fused-ring (bicyclic) bond motifs is 3. The van der Waals surface area contributed by atoms with E-state index in [2.05, 4.69) is 50.8 Å². The number of aromatic nitrogens is 2. The van der Waals surface area contributed by atoms with Crippen LogP contribution in [0.25, 0.3) is 10.6 Å². The van der Waals surface area contributed by atoms with Gasteiger partial charge < -0.3 is 10.6 Å². The third-order valence-corrected chi connectivity index (χ3v) is 6.76. The Hall–Kier alpha value is -1.86. The highest BCUT2D eigenvalue weighted by molar-refractivity contribution is 7.13. The van der Waals surface area contributed by atoms with Gasteiger partial charge in [0.25, 0.3) is 0 Å². The van der Waals surface area contributed by atoms with Crippen LogP contribution in [-0.2, 0) is 7.05 Å². The van der Waals surface area contributed by atoms with Gasteiger partial charge in [-0.1, -0.05) is 6.07 Å². The number of hydrogen-bond donors (Lipinski definition) is 2. The summed E-state index contributed by atoms with van der Waals surface area (Å²) in [6, 6.07) is 7.05. The summed E-state index contributed by atoms with van der Waals surface area (Å²) in [4.78, 5) is 15.7. The lowest BCUT2D eigenvalue weighted by Gasteiger charge is -2.49. The van der Waals surface area contributed by atoms with Crippen molar-refractivity contribution in [2.45, 2.75) is 44.7 Å². The highest BCUT2D eigenvalue weighted by Gasteiger charge is 2.41. The number of nitrogens with zero attached hydrogens (tertiary/aromatic N) is 3. The molecular weight excluding hydrogens is 358 g/mol. The van der Waals surface area contributed by atoms with E-state index in [0.717, 1.165) is 31.7 Å². The monoisotopic (exact) mass is 387 g/mol. The average molecular weight is 388 g/mol. The van der Waals surface area contributed by atoms with Crippen molar-refractivity contribution < 1.29 is 4.79 Å². The molecule has 2 aromatic rings. The van der Waals surface area contributed by atoms with Crippen LogP contribution in [0.5, 0.6) is 0 Å². The third kappa shape index (κ3) is 3.89. The van der Waals surface area contributed by atoms with E-state index in [1.54, 1.807) is 11.3 Å². The standard InChI is InChI=1S/C20H29N5OS/c1-13(2)22-20(26)21-11-15-9-14-6-7-25(15)12-16(14)18-10-17(23-24(18)3)19-5-4-8-27-19/h4-5,8,10,13-16H,6-7,9,11-12H2,1-3H3,(H2,21,22,26)/t14-,15+,16-/m0/s1. The van der Waals surface area contributed by atoms with E-state index in [1.165, 1.54) is 17.0 Å². The zero-order chi connectivity index (χ0) is 19.0. The topological polar surface area (TPSA) is 62.2 Å². The molecule has 6 nitrogen and oxygen atoms in total. The first kappa shape index (κ1) is 18.5. The van der Waals surface area contributed by atoms with E-state index in [4.69, 9.17) is 5.10 Å². The van der Waals surface area contributed by atoms with Gasteiger partial charge in [0.1, 0.15) is 5.69 Å². The summed E-state index contributed by atoms with van der Waals surface area (Å²) in [7, 11) is 2.07. The molecule has 3 aliphatic rings. The number of nitrogens with one attached hydrogen (secondary N) is 2. The fourth-order valence-electron chi connectivity index (χ4n) is 4.58. The van der Waals surface area contributed by atoms with Crippen LogP contribution in [-0.4, -0.2) is 52.4 Å². The van der Waals surface area contributed by atoms with Gasteiger partial charge in [-0.3, -0.25) is 9.58 Å². The second-order valence-electron chi connectivity index (χ2n) is 8.10. The van der Waals surface area contributed by atoms with Crippen LogP contribution in [0.2, 0.25) is 0 Å². The number of piperidine rings is 3. The minimum Gasteiger partial charge on any atom is -0.337 e. The predicted octanol–water partition coefficient (Wildman–Crippen LogP) is 3.03. The Balaban J connectivity index is 1.41. The molecule has 4 atom stereocenters. The van der Waals surface area contributed by atoms with Crippen molar-refractivity contribution in [3.63, 3.8) is 0 Å². The lowest BCUT2D eigenvalue weighted by atomic mass is 9.74. The predicted molar refractivity (Wildman–Crippen MR) is 109 cm³/mol. The second-order valence-corrected chi connectivity index (χ2v) is 9.05. The number of carbonyl (C=O) groups excluding carboxylic acids is 1. The van der Waals surface area contributed by atoms with E-state index in [0.29, 0.717) is 17.9 Å². The molecule has 2 aromatic heterocycles. The number of aryl methyl sites for hydroxylation is 1. The number of rotatable bonds is 5. The molecule has 146 valence electrons. The molecule has 0 saturated carbocycles. The lowest BCUT2D eigenvalue weighted by Crippen LogP contribution is -2.57. The maximum atomic E-state index is 11.9. The van der Waals surface area contributed by atoms with Crippen molar-refractivity contribution >= 4 is 17.4 Å². The Labute approximate surface area is 164 Å². The van der Waals surface area contributed by atoms with Gasteiger partial charge in [-0.15, -0.1) is 11.3 Å². The molecule has 2 N–H and O–H groups in total. The maximum Gasteiger partial charge on any atom is 0.315 e. The second kappa shape index (κ2) is 7.64. The molecule has 3 aliphatic heterocycles. The normalized spacial score (nSPS) is 27.1. The van der Waals surface area contributed by atoms with Crippen LogP contribution in [0.3, 0.4) is 0 Å². The molecule has 0 aromatic carbocycles. The first-order chi connectivity index (χ1) is 13.0. The Bertz CT molecular complexity index is 784. The molecule has 27 heavy (non-hydrogen) atoms. The Kier molecular flexibility index (Phi) is 5.23. The first-order valence-electron chi connectivity index (χ1n) is 9.87. The minimum atomic E-state index is -0.0589. The number of thiophene rings is 1. The highest BCUT2D eigenvalue weighted by Crippen LogP contribution is 2.42. The van der Waals surface area contributed by atoms with Crippen LogP contribution in [0.4, 0.5) is 4.79 Å². The van der Waals surface area contributed by atoms with Crippen LogP contribution in [0.1, 0.15) is 38.3 Å². The summed E-state index contributed by atoms with van der Waals surface area (Å²) >= 11 is 1.74. The summed E-state index contributed by atoms with van der Waals surface area (Å²) in [5.41, 5.74) is 2.43. The molecule has 2 bridgehead atoms. The van der Waals surface area contributed by atoms with Gasteiger partial charge in [0.05, 0.1) is 4.88 Å². The van der Waals surface area contributed by atoms with Gasteiger partial charge in [0, 0.05) is 43.8 Å². The van der Waals surface area contributed by atoms with Gasteiger partial charge in [-0.25, -0.2) is 4.79 Å². The minimum absolute atomic E-state index is 0.0589. The van der Waals surface area contributed by atoms with Gasteiger partial charge in [0.15, 0.2) is 0 Å².